The number of hydrogen-bond donors (Lipinski definition) is 2. The monoisotopic (exact) mass is 280 g/mol. The Kier molecular flexibility index (Phi) is 6.67. The standard InChI is InChI=1S/C13H16N2O3S/c14-11(16)6-7-12(17)15-8-13(18)19-9-10-4-2-1-3-5-10/h1-5H,6-9H2,(H2,14,16)(H,15,17). The van der Waals surface area contributed by atoms with Crippen LogP contribution in [0.25, 0.3) is 0 Å². The van der Waals surface area contributed by atoms with Crippen molar-refractivity contribution in [1.29, 1.82) is 0 Å². The molecule has 0 aromatic heterocycles. The third-order valence-electron chi connectivity index (χ3n) is 2.27. The average molecular weight is 280 g/mol. The Morgan fingerprint density at radius 2 is 1.79 bits per heavy atom. The maximum Gasteiger partial charge on any atom is 0.220 e. The zero-order chi connectivity index (χ0) is 14.1. The van der Waals surface area contributed by atoms with E-state index < -0.39 is 5.91 Å². The molecule has 0 saturated heterocycles. The molecule has 1 aromatic rings. The van der Waals surface area contributed by atoms with E-state index in [-0.39, 0.29) is 30.4 Å². The summed E-state index contributed by atoms with van der Waals surface area (Å²) in [7, 11) is 0. The van der Waals surface area contributed by atoms with E-state index in [0.29, 0.717) is 5.75 Å². The maximum atomic E-state index is 11.5. The van der Waals surface area contributed by atoms with E-state index in [1.807, 2.05) is 30.3 Å². The summed E-state index contributed by atoms with van der Waals surface area (Å²) >= 11 is 1.15. The fourth-order valence-electron chi connectivity index (χ4n) is 1.28. The van der Waals surface area contributed by atoms with Gasteiger partial charge in [0.05, 0.1) is 6.54 Å². The van der Waals surface area contributed by atoms with E-state index in [1.165, 1.54) is 0 Å². The van der Waals surface area contributed by atoms with E-state index in [9.17, 15) is 14.4 Å². The van der Waals surface area contributed by atoms with Gasteiger partial charge >= 0.3 is 0 Å². The second-order valence-corrected chi connectivity index (χ2v) is 4.92. The highest BCUT2D eigenvalue weighted by Gasteiger charge is 2.07. The van der Waals surface area contributed by atoms with E-state index in [1.54, 1.807) is 0 Å². The van der Waals surface area contributed by atoms with Gasteiger partial charge in [0.25, 0.3) is 0 Å². The molecule has 0 heterocycles. The van der Waals surface area contributed by atoms with Gasteiger partial charge in [-0.05, 0) is 5.56 Å². The summed E-state index contributed by atoms with van der Waals surface area (Å²) in [5, 5.41) is 2.34. The van der Waals surface area contributed by atoms with Crippen molar-refractivity contribution in [2.24, 2.45) is 5.73 Å². The molecule has 1 aromatic carbocycles. The summed E-state index contributed by atoms with van der Waals surface area (Å²) in [6.07, 6.45) is 0.0170. The largest absolute Gasteiger partial charge is 0.370 e. The molecule has 0 fully saturated rings. The van der Waals surface area contributed by atoms with Crippen molar-refractivity contribution in [2.45, 2.75) is 18.6 Å². The fourth-order valence-corrected chi connectivity index (χ4v) is 1.98. The van der Waals surface area contributed by atoms with Gasteiger partial charge < -0.3 is 11.1 Å². The Labute approximate surface area is 115 Å². The van der Waals surface area contributed by atoms with Gasteiger partial charge in [0.2, 0.25) is 16.9 Å². The van der Waals surface area contributed by atoms with Crippen molar-refractivity contribution in [1.82, 2.24) is 5.32 Å². The molecule has 0 spiro atoms. The number of hydrogen-bond acceptors (Lipinski definition) is 4. The Morgan fingerprint density at radius 3 is 2.42 bits per heavy atom. The fraction of sp³-hybridized carbons (Fsp3) is 0.308. The lowest BCUT2D eigenvalue weighted by Crippen LogP contribution is -2.29. The van der Waals surface area contributed by atoms with Crippen molar-refractivity contribution < 1.29 is 14.4 Å². The highest BCUT2D eigenvalue weighted by molar-refractivity contribution is 8.13. The van der Waals surface area contributed by atoms with Crippen LogP contribution in [-0.4, -0.2) is 23.5 Å². The molecule has 0 unspecified atom stereocenters. The zero-order valence-electron chi connectivity index (χ0n) is 10.4. The van der Waals surface area contributed by atoms with Gasteiger partial charge in [-0.25, -0.2) is 0 Å². The third kappa shape index (κ3) is 7.25. The first-order chi connectivity index (χ1) is 9.08. The van der Waals surface area contributed by atoms with Crippen LogP contribution in [0, 0.1) is 0 Å². The number of amides is 2. The van der Waals surface area contributed by atoms with Crippen LogP contribution in [0.5, 0.6) is 0 Å². The summed E-state index contributed by atoms with van der Waals surface area (Å²) in [5.41, 5.74) is 5.98. The van der Waals surface area contributed by atoms with E-state index >= 15 is 0 Å². The van der Waals surface area contributed by atoms with E-state index in [0.717, 1.165) is 17.3 Å². The smallest absolute Gasteiger partial charge is 0.220 e. The van der Waals surface area contributed by atoms with Crippen LogP contribution in [0.1, 0.15) is 18.4 Å². The first-order valence-electron chi connectivity index (χ1n) is 5.82. The van der Waals surface area contributed by atoms with Crippen molar-refractivity contribution in [3.8, 4) is 0 Å². The molecule has 0 radical (unpaired) electrons. The second-order valence-electron chi connectivity index (χ2n) is 3.89. The van der Waals surface area contributed by atoms with Crippen molar-refractivity contribution >= 4 is 28.7 Å². The highest BCUT2D eigenvalue weighted by Crippen LogP contribution is 2.11. The second kappa shape index (κ2) is 8.31. The Balaban J connectivity index is 2.17. The van der Waals surface area contributed by atoms with Gasteiger partial charge in [0, 0.05) is 18.6 Å². The molecule has 0 saturated carbocycles. The lowest BCUT2D eigenvalue weighted by molar-refractivity contribution is -0.125. The number of nitrogens with one attached hydrogen (secondary N) is 1. The highest BCUT2D eigenvalue weighted by atomic mass is 32.2. The topological polar surface area (TPSA) is 89.3 Å². The molecule has 3 N–H and O–H groups in total. The number of benzene rings is 1. The first-order valence-corrected chi connectivity index (χ1v) is 6.81. The predicted octanol–water partition coefficient (Wildman–Crippen LogP) is 0.828. The summed E-state index contributed by atoms with van der Waals surface area (Å²) in [5.74, 6) is -0.288. The van der Waals surface area contributed by atoms with Crippen LogP contribution in [-0.2, 0) is 20.1 Å². The molecular formula is C13H16N2O3S. The molecule has 0 aliphatic heterocycles. The summed E-state index contributed by atoms with van der Waals surface area (Å²) < 4.78 is 0. The minimum absolute atomic E-state index is 0.00280. The van der Waals surface area contributed by atoms with Crippen LogP contribution in [0.2, 0.25) is 0 Å². The molecule has 0 bridgehead atoms. The SMILES string of the molecule is NC(=O)CCC(=O)NCC(=O)SCc1ccccc1. The molecule has 102 valence electrons. The maximum absolute atomic E-state index is 11.5. The third-order valence-corrected chi connectivity index (χ3v) is 3.21. The van der Waals surface area contributed by atoms with Gasteiger partial charge in [-0.3, -0.25) is 14.4 Å². The van der Waals surface area contributed by atoms with Gasteiger partial charge in [-0.2, -0.15) is 0 Å². The molecule has 0 aliphatic carbocycles. The summed E-state index contributed by atoms with van der Waals surface area (Å²) in [6.45, 7) is -0.0326. The number of rotatable bonds is 7. The molecule has 5 nitrogen and oxygen atoms in total. The Hall–Kier alpha value is -1.82. The Morgan fingerprint density at radius 1 is 1.11 bits per heavy atom. The van der Waals surface area contributed by atoms with Gasteiger partial charge in [0.1, 0.15) is 0 Å². The summed E-state index contributed by atoms with van der Waals surface area (Å²) in [6, 6.07) is 9.60. The van der Waals surface area contributed by atoms with Gasteiger partial charge in [0.15, 0.2) is 0 Å². The van der Waals surface area contributed by atoms with Crippen molar-refractivity contribution in [2.75, 3.05) is 6.54 Å². The van der Waals surface area contributed by atoms with Gasteiger partial charge in [-0.1, -0.05) is 42.1 Å². The van der Waals surface area contributed by atoms with Crippen LogP contribution in [0.3, 0.4) is 0 Å². The van der Waals surface area contributed by atoms with Crippen LogP contribution in [0.4, 0.5) is 0 Å². The van der Waals surface area contributed by atoms with Crippen LogP contribution in [0.15, 0.2) is 30.3 Å². The summed E-state index contributed by atoms with van der Waals surface area (Å²) in [4.78, 5) is 33.2. The molecule has 0 aliphatic rings. The van der Waals surface area contributed by atoms with Crippen molar-refractivity contribution in [3.05, 3.63) is 35.9 Å². The lowest BCUT2D eigenvalue weighted by Gasteiger charge is -2.03. The Bertz CT molecular complexity index is 448. The number of thioether (sulfide) groups is 1. The molecule has 0 atom stereocenters. The molecule has 2 amide bonds. The normalized spacial score (nSPS) is 9.89. The quantitative estimate of drug-likeness (QED) is 0.774. The minimum atomic E-state index is -0.528. The molecule has 1 rings (SSSR count). The molecule has 19 heavy (non-hydrogen) atoms. The van der Waals surface area contributed by atoms with E-state index in [2.05, 4.69) is 5.32 Å². The average Bonchev–Trinajstić information content (AvgIpc) is 2.41. The number of carbonyl (C=O) groups excluding carboxylic acids is 3. The first kappa shape index (κ1) is 15.2. The number of nitrogens with two attached hydrogens (primary N) is 1. The van der Waals surface area contributed by atoms with Crippen LogP contribution >= 0.6 is 11.8 Å². The van der Waals surface area contributed by atoms with Crippen LogP contribution < -0.4 is 11.1 Å². The molecule has 6 heteroatoms. The predicted molar refractivity (Wildman–Crippen MR) is 74.2 cm³/mol. The lowest BCUT2D eigenvalue weighted by atomic mass is 10.2. The zero-order valence-corrected chi connectivity index (χ0v) is 11.2. The number of carbonyl (C=O) groups is 3. The van der Waals surface area contributed by atoms with E-state index in [4.69, 9.17) is 5.73 Å². The van der Waals surface area contributed by atoms with Gasteiger partial charge in [-0.15, -0.1) is 0 Å². The molecular weight excluding hydrogens is 264 g/mol. The number of primary amides is 1. The minimum Gasteiger partial charge on any atom is -0.370 e. The van der Waals surface area contributed by atoms with Crippen molar-refractivity contribution in [3.63, 3.8) is 0 Å².